The smallest absolute Gasteiger partial charge is 0.306 e. The normalized spacial score (nSPS) is 11.6. The molecule has 0 radical (unpaired) electrons. The monoisotopic (exact) mass is 766 g/mol. The van der Waals surface area contributed by atoms with Crippen LogP contribution >= 0.6 is 0 Å². The molecule has 0 aromatic carbocycles. The fraction of sp³-hybridized carbons (Fsp3) is 0.958. The van der Waals surface area contributed by atoms with Crippen molar-refractivity contribution in [2.45, 2.75) is 264 Å². The molecule has 0 bridgehead atoms. The highest BCUT2D eigenvalue weighted by molar-refractivity contribution is 5.69. The van der Waals surface area contributed by atoms with E-state index in [0.717, 1.165) is 77.4 Å². The average Bonchev–Trinajstić information content (AvgIpc) is 3.16. The Kier molecular flexibility index (Phi) is 43.6. The molecule has 0 heterocycles. The third-order valence-corrected chi connectivity index (χ3v) is 11.2. The van der Waals surface area contributed by atoms with Crippen LogP contribution in [0.15, 0.2) is 0 Å². The maximum absolute atomic E-state index is 12.7. The van der Waals surface area contributed by atoms with E-state index in [2.05, 4.69) is 25.7 Å². The van der Waals surface area contributed by atoms with Gasteiger partial charge in [0.2, 0.25) is 0 Å². The van der Waals surface area contributed by atoms with Crippen molar-refractivity contribution in [3.05, 3.63) is 0 Å². The lowest BCUT2D eigenvalue weighted by atomic mass is 10.0. The highest BCUT2D eigenvalue weighted by Gasteiger charge is 2.14. The van der Waals surface area contributed by atoms with Gasteiger partial charge >= 0.3 is 11.9 Å². The molecule has 0 atom stereocenters. The van der Waals surface area contributed by atoms with Gasteiger partial charge in [-0.15, -0.1) is 0 Å². The lowest BCUT2D eigenvalue weighted by Gasteiger charge is -2.21. The number of hydrogen-bond acceptors (Lipinski definition) is 6. The van der Waals surface area contributed by atoms with Crippen molar-refractivity contribution in [1.82, 2.24) is 4.90 Å². The molecule has 54 heavy (non-hydrogen) atoms. The standard InChI is InChI=1S/C48H95NO5/c1-4-7-10-13-16-17-21-29-36-45-53-47(51)39-32-25-19-18-20-27-34-41-49(43-44-50)42-35-28-22-26-33-40-48(52)54-46(37-30-23-14-11-8-5-2)38-31-24-15-12-9-6-3/h46,50H,4-45H2,1-3H3. The molecular formula is C48H95NO5. The first-order valence-corrected chi connectivity index (χ1v) is 24.3. The Balaban J connectivity index is 3.86. The summed E-state index contributed by atoms with van der Waals surface area (Å²) in [5, 5.41) is 9.57. The molecule has 322 valence electrons. The molecule has 0 fully saturated rings. The van der Waals surface area contributed by atoms with Gasteiger partial charge in [0.1, 0.15) is 6.10 Å². The first-order valence-electron chi connectivity index (χ1n) is 24.3. The van der Waals surface area contributed by atoms with E-state index < -0.39 is 0 Å². The number of rotatable bonds is 45. The number of aliphatic hydroxyl groups excluding tert-OH is 1. The SMILES string of the molecule is CCCCCCCCCCCOC(=O)CCCCCCCCCN(CCO)CCCCCCCC(=O)OC(CCCCCCCC)CCCCCCCC. The van der Waals surface area contributed by atoms with Crippen molar-refractivity contribution in [1.29, 1.82) is 0 Å². The van der Waals surface area contributed by atoms with Crippen LogP contribution in [0, 0.1) is 0 Å². The van der Waals surface area contributed by atoms with E-state index in [1.54, 1.807) is 0 Å². The Labute approximate surface area is 337 Å². The van der Waals surface area contributed by atoms with Crippen LogP contribution in [0.25, 0.3) is 0 Å². The average molecular weight is 766 g/mol. The number of nitrogens with zero attached hydrogens (tertiary/aromatic N) is 1. The lowest BCUT2D eigenvalue weighted by molar-refractivity contribution is -0.150. The largest absolute Gasteiger partial charge is 0.466 e. The van der Waals surface area contributed by atoms with Gasteiger partial charge in [-0.1, -0.05) is 188 Å². The van der Waals surface area contributed by atoms with Gasteiger partial charge in [0, 0.05) is 19.4 Å². The third kappa shape index (κ3) is 40.5. The summed E-state index contributed by atoms with van der Waals surface area (Å²) in [6.07, 6.45) is 44.0. The zero-order chi connectivity index (χ0) is 39.4. The molecule has 0 spiro atoms. The summed E-state index contributed by atoms with van der Waals surface area (Å²) < 4.78 is 11.5. The molecule has 0 rings (SSSR count). The highest BCUT2D eigenvalue weighted by atomic mass is 16.5. The van der Waals surface area contributed by atoms with Crippen molar-refractivity contribution < 1.29 is 24.2 Å². The minimum atomic E-state index is -0.0142. The first kappa shape index (κ1) is 52.9. The van der Waals surface area contributed by atoms with Crippen LogP contribution in [0.3, 0.4) is 0 Å². The molecule has 0 aromatic rings. The lowest BCUT2D eigenvalue weighted by Crippen LogP contribution is -2.29. The van der Waals surface area contributed by atoms with E-state index in [0.29, 0.717) is 19.4 Å². The van der Waals surface area contributed by atoms with Crippen LogP contribution < -0.4 is 0 Å². The number of ether oxygens (including phenoxy) is 2. The molecule has 6 nitrogen and oxygen atoms in total. The summed E-state index contributed by atoms with van der Waals surface area (Å²) >= 11 is 0. The van der Waals surface area contributed by atoms with Crippen LogP contribution in [-0.4, -0.2) is 60.9 Å². The van der Waals surface area contributed by atoms with Gasteiger partial charge in [-0.3, -0.25) is 9.59 Å². The Hall–Kier alpha value is -1.14. The van der Waals surface area contributed by atoms with Crippen molar-refractivity contribution in [3.8, 4) is 0 Å². The molecule has 0 aliphatic rings. The molecule has 0 saturated carbocycles. The molecule has 0 aliphatic carbocycles. The second kappa shape index (κ2) is 44.6. The first-order chi connectivity index (χ1) is 26.6. The topological polar surface area (TPSA) is 76.1 Å². The Bertz CT molecular complexity index is 745. The predicted octanol–water partition coefficient (Wildman–Crippen LogP) is 14.2. The number of aliphatic hydroxyl groups is 1. The molecular weight excluding hydrogens is 671 g/mol. The van der Waals surface area contributed by atoms with Crippen LogP contribution in [0.1, 0.15) is 258 Å². The van der Waals surface area contributed by atoms with Crippen molar-refractivity contribution >= 4 is 11.9 Å². The summed E-state index contributed by atoms with van der Waals surface area (Å²) in [4.78, 5) is 27.1. The molecule has 0 aliphatic heterocycles. The molecule has 0 amide bonds. The van der Waals surface area contributed by atoms with Crippen molar-refractivity contribution in [2.24, 2.45) is 0 Å². The van der Waals surface area contributed by atoms with Crippen LogP contribution in [-0.2, 0) is 19.1 Å². The van der Waals surface area contributed by atoms with E-state index in [4.69, 9.17) is 9.47 Å². The van der Waals surface area contributed by atoms with Gasteiger partial charge in [0.05, 0.1) is 13.2 Å². The van der Waals surface area contributed by atoms with Crippen LogP contribution in [0.5, 0.6) is 0 Å². The second-order valence-electron chi connectivity index (χ2n) is 16.6. The Morgan fingerprint density at radius 3 is 1.20 bits per heavy atom. The Morgan fingerprint density at radius 1 is 0.426 bits per heavy atom. The van der Waals surface area contributed by atoms with E-state index in [1.807, 2.05) is 0 Å². The second-order valence-corrected chi connectivity index (χ2v) is 16.6. The van der Waals surface area contributed by atoms with E-state index >= 15 is 0 Å². The molecule has 6 heteroatoms. The minimum absolute atomic E-state index is 0.0142. The molecule has 0 aromatic heterocycles. The third-order valence-electron chi connectivity index (χ3n) is 11.2. The van der Waals surface area contributed by atoms with E-state index in [9.17, 15) is 14.7 Å². The summed E-state index contributed by atoms with van der Waals surface area (Å²) in [7, 11) is 0. The van der Waals surface area contributed by atoms with E-state index in [-0.39, 0.29) is 24.6 Å². The minimum Gasteiger partial charge on any atom is -0.466 e. The summed E-state index contributed by atoms with van der Waals surface area (Å²) in [6, 6.07) is 0. The van der Waals surface area contributed by atoms with E-state index in [1.165, 1.54) is 167 Å². The fourth-order valence-electron chi connectivity index (χ4n) is 7.58. The number of hydrogen-bond donors (Lipinski definition) is 1. The van der Waals surface area contributed by atoms with Crippen LogP contribution in [0.2, 0.25) is 0 Å². The highest BCUT2D eigenvalue weighted by Crippen LogP contribution is 2.19. The van der Waals surface area contributed by atoms with Gasteiger partial charge < -0.3 is 19.5 Å². The number of esters is 2. The zero-order valence-electron chi connectivity index (χ0n) is 36.8. The van der Waals surface area contributed by atoms with Crippen molar-refractivity contribution in [3.63, 3.8) is 0 Å². The number of carbonyl (C=O) groups excluding carboxylic acids is 2. The summed E-state index contributed by atoms with van der Waals surface area (Å²) in [5.74, 6) is 0.00484. The van der Waals surface area contributed by atoms with Gasteiger partial charge in [-0.25, -0.2) is 0 Å². The summed E-state index contributed by atoms with van der Waals surface area (Å²) in [5.41, 5.74) is 0. The van der Waals surface area contributed by atoms with Gasteiger partial charge in [0.15, 0.2) is 0 Å². The fourth-order valence-corrected chi connectivity index (χ4v) is 7.58. The Morgan fingerprint density at radius 2 is 0.778 bits per heavy atom. The molecule has 1 N–H and O–H groups in total. The summed E-state index contributed by atoms with van der Waals surface area (Å²) in [6.45, 7) is 10.5. The maximum atomic E-state index is 12.7. The maximum Gasteiger partial charge on any atom is 0.306 e. The number of carbonyl (C=O) groups is 2. The molecule has 0 saturated heterocycles. The number of unbranched alkanes of at least 4 members (excludes halogenated alkanes) is 28. The quantitative estimate of drug-likeness (QED) is 0.0491. The van der Waals surface area contributed by atoms with Crippen molar-refractivity contribution in [2.75, 3.05) is 32.8 Å². The molecule has 0 unspecified atom stereocenters. The van der Waals surface area contributed by atoms with Gasteiger partial charge in [-0.2, -0.15) is 0 Å². The zero-order valence-corrected chi connectivity index (χ0v) is 36.8. The van der Waals surface area contributed by atoms with Gasteiger partial charge in [-0.05, 0) is 70.9 Å². The van der Waals surface area contributed by atoms with Crippen LogP contribution in [0.4, 0.5) is 0 Å². The van der Waals surface area contributed by atoms with Gasteiger partial charge in [0.25, 0.3) is 0 Å². The predicted molar refractivity (Wildman–Crippen MR) is 232 cm³/mol.